The maximum absolute atomic E-state index is 14.3. The van der Waals surface area contributed by atoms with Crippen molar-refractivity contribution in [3.63, 3.8) is 0 Å². The maximum atomic E-state index is 14.3. The van der Waals surface area contributed by atoms with Crippen molar-refractivity contribution < 1.29 is 32.4 Å². The van der Waals surface area contributed by atoms with Crippen LogP contribution in [0.3, 0.4) is 0 Å². The van der Waals surface area contributed by atoms with Gasteiger partial charge in [0.15, 0.2) is 0 Å². The van der Waals surface area contributed by atoms with Gasteiger partial charge in [-0.05, 0) is 30.1 Å². The van der Waals surface area contributed by atoms with Crippen LogP contribution >= 0.6 is 0 Å². The number of amides is 5. The molecule has 14 heteroatoms. The molecule has 2 saturated heterocycles. The number of nitrogens with zero attached hydrogens (tertiary/aromatic N) is 2. The van der Waals surface area contributed by atoms with Crippen molar-refractivity contribution in [2.24, 2.45) is 22.7 Å². The lowest BCUT2D eigenvalue weighted by molar-refractivity contribution is -0.144. The Balaban J connectivity index is 1.80. The van der Waals surface area contributed by atoms with E-state index in [2.05, 4.69) is 27.2 Å². The van der Waals surface area contributed by atoms with E-state index in [1.54, 1.807) is 20.8 Å². The van der Waals surface area contributed by atoms with Crippen LogP contribution in [-0.2, 0) is 29.2 Å². The van der Waals surface area contributed by atoms with Gasteiger partial charge in [0.25, 0.3) is 5.91 Å². The molecule has 0 saturated carbocycles. The first-order valence-corrected chi connectivity index (χ1v) is 18.0. The number of fused-ring (bicyclic) bond motifs is 1. The van der Waals surface area contributed by atoms with Gasteiger partial charge in [-0.2, -0.15) is 4.31 Å². The van der Waals surface area contributed by atoms with Gasteiger partial charge in [-0.15, -0.1) is 12.3 Å². The van der Waals surface area contributed by atoms with Crippen LogP contribution in [0.15, 0.2) is 12.2 Å². The molecule has 13 nitrogen and oxygen atoms in total. The van der Waals surface area contributed by atoms with Crippen LogP contribution in [0.25, 0.3) is 0 Å². The zero-order valence-electron chi connectivity index (χ0n) is 28.7. The third-order valence-corrected chi connectivity index (χ3v) is 11.0. The third-order valence-electron chi connectivity index (χ3n) is 9.03. The molecule has 3 rings (SSSR count). The lowest BCUT2D eigenvalue weighted by atomic mass is 9.80. The molecule has 1 unspecified atom stereocenters. The van der Waals surface area contributed by atoms with Crippen molar-refractivity contribution in [1.82, 2.24) is 30.5 Å². The number of Topliss-reactive ketones (excluding diaryl/α,β-unsaturated/α-hetero) is 1. The number of hydrogen-bond donors (Lipinski definition) is 4. The molecule has 47 heavy (non-hydrogen) atoms. The molecule has 4 N–H and O–H groups in total. The van der Waals surface area contributed by atoms with E-state index >= 15 is 0 Å². The van der Waals surface area contributed by atoms with Crippen molar-refractivity contribution in [3.8, 4) is 12.3 Å². The highest BCUT2D eigenvalue weighted by atomic mass is 32.2. The number of rotatable bonds is 13. The van der Waals surface area contributed by atoms with Crippen LogP contribution in [0.2, 0.25) is 0 Å². The van der Waals surface area contributed by atoms with Gasteiger partial charge in [-0.1, -0.05) is 60.6 Å². The SMILES string of the molecule is C#CCCC(NC(=O)[C@@H]1[C@H]2C=C[C@H]2CN1C(=O)[C@@H](NC(=O)N[C@H](CN1CCCS1(=O)=O)C(C)(C)C)C(C)(C)C)C(=O)C(=O)NCCC. The fourth-order valence-corrected chi connectivity index (χ4v) is 7.56. The molecule has 0 aromatic carbocycles. The van der Waals surface area contributed by atoms with Crippen LogP contribution < -0.4 is 21.3 Å². The molecule has 0 spiro atoms. The second kappa shape index (κ2) is 15.2. The standard InChI is InChI=1S/C33H52N6O7S/c1-9-11-13-23(26(40)29(42)34-16-10-2)35-28(41)25-22-15-14-21(22)19-39(25)30(43)27(33(6,7)8)37-31(44)36-24(32(3,4)5)20-38-17-12-18-47(38,45)46/h1,14-15,21-25,27H,10-13,16-20H2,2-8H3,(H,34,42)(H,35,41)(H2,36,37,44)/t21-,22-,23?,24+,25-,27+/m0/s1. The highest BCUT2D eigenvalue weighted by molar-refractivity contribution is 7.89. The summed E-state index contributed by atoms with van der Waals surface area (Å²) >= 11 is 0. The number of sulfonamides is 1. The number of urea groups is 1. The van der Waals surface area contributed by atoms with Gasteiger partial charge < -0.3 is 26.2 Å². The van der Waals surface area contributed by atoms with Crippen LogP contribution in [0, 0.1) is 35.0 Å². The van der Waals surface area contributed by atoms with Gasteiger partial charge >= 0.3 is 6.03 Å². The predicted molar refractivity (Wildman–Crippen MR) is 178 cm³/mol. The van der Waals surface area contributed by atoms with E-state index in [1.807, 2.05) is 39.8 Å². The van der Waals surface area contributed by atoms with E-state index in [-0.39, 0.29) is 43.5 Å². The fourth-order valence-electron chi connectivity index (χ4n) is 6.03. The van der Waals surface area contributed by atoms with Gasteiger partial charge in [0.05, 0.1) is 11.8 Å². The van der Waals surface area contributed by atoms with Crippen molar-refractivity contribution >= 4 is 39.6 Å². The number of terminal acetylenes is 1. The third kappa shape index (κ3) is 9.34. The molecule has 0 bridgehead atoms. The van der Waals surface area contributed by atoms with Crippen molar-refractivity contribution in [1.29, 1.82) is 0 Å². The molecule has 1 aliphatic carbocycles. The molecular formula is C33H52N6O7S. The highest BCUT2D eigenvalue weighted by Gasteiger charge is 2.52. The Kier molecular flexibility index (Phi) is 12.3. The molecule has 5 amide bonds. The van der Waals surface area contributed by atoms with Crippen molar-refractivity contribution in [2.45, 2.75) is 98.3 Å². The van der Waals surface area contributed by atoms with Gasteiger partial charge in [0, 0.05) is 50.5 Å². The van der Waals surface area contributed by atoms with Crippen LogP contribution in [0.4, 0.5) is 4.79 Å². The zero-order valence-corrected chi connectivity index (χ0v) is 29.5. The Bertz CT molecular complexity index is 1390. The first-order chi connectivity index (χ1) is 21.8. The Hall–Kier alpha value is -3.44. The monoisotopic (exact) mass is 676 g/mol. The molecule has 262 valence electrons. The summed E-state index contributed by atoms with van der Waals surface area (Å²) in [5.74, 6) is -0.524. The molecule has 2 aliphatic heterocycles. The van der Waals surface area contributed by atoms with Crippen LogP contribution in [-0.4, -0.2) is 103 Å². The van der Waals surface area contributed by atoms with E-state index in [4.69, 9.17) is 6.42 Å². The summed E-state index contributed by atoms with van der Waals surface area (Å²) in [7, 11) is -3.39. The number of hydrogen-bond acceptors (Lipinski definition) is 7. The molecule has 2 fully saturated rings. The lowest BCUT2D eigenvalue weighted by Gasteiger charge is -2.38. The molecule has 2 heterocycles. The summed E-state index contributed by atoms with van der Waals surface area (Å²) in [6.07, 6.45) is 10.6. The van der Waals surface area contributed by atoms with E-state index in [9.17, 15) is 32.4 Å². The average Bonchev–Trinajstić information content (AvgIpc) is 3.43. The molecule has 3 aliphatic rings. The van der Waals surface area contributed by atoms with Gasteiger partial charge in [-0.25, -0.2) is 13.2 Å². The van der Waals surface area contributed by atoms with Crippen molar-refractivity contribution in [3.05, 3.63) is 12.2 Å². The minimum Gasteiger partial charge on any atom is -0.349 e. The van der Waals surface area contributed by atoms with Gasteiger partial charge in [-0.3, -0.25) is 19.2 Å². The number of likely N-dealkylation sites (tertiary alicyclic amines) is 1. The van der Waals surface area contributed by atoms with Gasteiger partial charge in [0.2, 0.25) is 27.6 Å². The average molecular weight is 677 g/mol. The zero-order chi connectivity index (χ0) is 35.3. The molecule has 0 aromatic rings. The van der Waals surface area contributed by atoms with E-state index in [0.717, 1.165) is 0 Å². The smallest absolute Gasteiger partial charge is 0.315 e. The normalized spacial score (nSPS) is 23.8. The molecular weight excluding hydrogens is 624 g/mol. The summed E-state index contributed by atoms with van der Waals surface area (Å²) in [4.78, 5) is 68.4. The van der Waals surface area contributed by atoms with E-state index in [1.165, 1.54) is 9.21 Å². The van der Waals surface area contributed by atoms with Crippen molar-refractivity contribution in [2.75, 3.05) is 31.9 Å². The second-order valence-electron chi connectivity index (χ2n) is 14.8. The fraction of sp³-hybridized carbons (Fsp3) is 0.727. The van der Waals surface area contributed by atoms with E-state index < -0.39 is 74.6 Å². The summed E-state index contributed by atoms with van der Waals surface area (Å²) in [6, 6.07) is -4.36. The lowest BCUT2D eigenvalue weighted by Crippen LogP contribution is -2.62. The minimum absolute atomic E-state index is 0.0607. The number of carbonyl (C=O) groups is 5. The summed E-state index contributed by atoms with van der Waals surface area (Å²) in [6.45, 7) is 14.0. The van der Waals surface area contributed by atoms with Crippen LogP contribution in [0.1, 0.15) is 74.1 Å². The highest BCUT2D eigenvalue weighted by Crippen LogP contribution is 2.40. The molecule has 6 atom stereocenters. The van der Waals surface area contributed by atoms with E-state index in [0.29, 0.717) is 25.9 Å². The maximum Gasteiger partial charge on any atom is 0.315 e. The minimum atomic E-state index is -3.39. The molecule has 0 aromatic heterocycles. The first-order valence-electron chi connectivity index (χ1n) is 16.4. The number of nitrogens with one attached hydrogen (secondary N) is 4. The molecule has 0 radical (unpaired) electrons. The Labute approximate surface area is 279 Å². The first kappa shape index (κ1) is 38.0. The number of ketones is 1. The summed E-state index contributed by atoms with van der Waals surface area (Å²) < 4.78 is 26.4. The Morgan fingerprint density at radius 1 is 1.00 bits per heavy atom. The largest absolute Gasteiger partial charge is 0.349 e. The summed E-state index contributed by atoms with van der Waals surface area (Å²) in [5.41, 5.74) is -1.27. The topological polar surface area (TPSA) is 174 Å². The predicted octanol–water partition coefficient (Wildman–Crippen LogP) is 1.16. The van der Waals surface area contributed by atoms with Crippen LogP contribution in [0.5, 0.6) is 0 Å². The summed E-state index contributed by atoms with van der Waals surface area (Å²) in [5, 5.41) is 11.0. The number of carbonyl (C=O) groups excluding carboxylic acids is 5. The quantitative estimate of drug-likeness (QED) is 0.129. The Morgan fingerprint density at radius 3 is 2.19 bits per heavy atom. The van der Waals surface area contributed by atoms with Gasteiger partial charge in [0.1, 0.15) is 12.1 Å². The Morgan fingerprint density at radius 2 is 1.68 bits per heavy atom. The second-order valence-corrected chi connectivity index (χ2v) is 16.9.